The van der Waals surface area contributed by atoms with Crippen LogP contribution < -0.4 is 5.32 Å². The van der Waals surface area contributed by atoms with Gasteiger partial charge in [0.2, 0.25) is 0 Å². The number of nitrogens with zero attached hydrogens (tertiary/aromatic N) is 1. The van der Waals surface area contributed by atoms with Crippen LogP contribution >= 0.6 is 11.3 Å². The van der Waals surface area contributed by atoms with E-state index < -0.39 is 0 Å². The van der Waals surface area contributed by atoms with Gasteiger partial charge in [-0.25, -0.2) is 0 Å². The summed E-state index contributed by atoms with van der Waals surface area (Å²) in [4.78, 5) is 16.9. The summed E-state index contributed by atoms with van der Waals surface area (Å²) < 4.78 is 0. The van der Waals surface area contributed by atoms with Crippen molar-refractivity contribution in [2.75, 3.05) is 5.32 Å². The first-order valence-corrected chi connectivity index (χ1v) is 7.06. The topological polar surface area (TPSA) is 42.0 Å². The number of benzene rings is 1. The average Bonchev–Trinajstić information content (AvgIpc) is 3.03. The Balaban J connectivity index is 1.83. The zero-order valence-corrected chi connectivity index (χ0v) is 11.4. The SMILES string of the molecule is O=C(Nc1cncc(-c2ccccc2)c1)c1cccs1. The van der Waals surface area contributed by atoms with E-state index in [4.69, 9.17) is 0 Å². The summed E-state index contributed by atoms with van der Waals surface area (Å²) in [6, 6.07) is 15.5. The molecule has 1 N–H and O–H groups in total. The molecule has 1 amide bonds. The molecule has 0 atom stereocenters. The van der Waals surface area contributed by atoms with Crippen LogP contribution in [0.25, 0.3) is 11.1 Å². The molecule has 98 valence electrons. The fraction of sp³-hybridized carbons (Fsp3) is 0. The van der Waals surface area contributed by atoms with E-state index in [-0.39, 0.29) is 5.91 Å². The molecule has 0 aliphatic heterocycles. The van der Waals surface area contributed by atoms with Gasteiger partial charge in [-0.15, -0.1) is 11.3 Å². The van der Waals surface area contributed by atoms with Crippen molar-refractivity contribution in [1.82, 2.24) is 4.98 Å². The van der Waals surface area contributed by atoms with Crippen molar-refractivity contribution in [1.29, 1.82) is 0 Å². The van der Waals surface area contributed by atoms with E-state index in [1.807, 2.05) is 47.8 Å². The van der Waals surface area contributed by atoms with Crippen molar-refractivity contribution >= 4 is 22.9 Å². The lowest BCUT2D eigenvalue weighted by Crippen LogP contribution is -2.10. The first-order chi connectivity index (χ1) is 9.83. The van der Waals surface area contributed by atoms with Crippen LogP contribution in [0.3, 0.4) is 0 Å². The first-order valence-electron chi connectivity index (χ1n) is 6.18. The number of hydrogen-bond acceptors (Lipinski definition) is 3. The zero-order valence-electron chi connectivity index (χ0n) is 10.6. The second kappa shape index (κ2) is 5.67. The molecule has 0 saturated carbocycles. The number of rotatable bonds is 3. The Hall–Kier alpha value is -2.46. The third kappa shape index (κ3) is 2.75. The van der Waals surface area contributed by atoms with Gasteiger partial charge in [0.25, 0.3) is 5.91 Å². The van der Waals surface area contributed by atoms with Crippen molar-refractivity contribution in [2.45, 2.75) is 0 Å². The van der Waals surface area contributed by atoms with E-state index in [2.05, 4.69) is 10.3 Å². The van der Waals surface area contributed by atoms with E-state index in [1.54, 1.807) is 18.5 Å². The summed E-state index contributed by atoms with van der Waals surface area (Å²) in [7, 11) is 0. The molecule has 0 radical (unpaired) electrons. The van der Waals surface area contributed by atoms with Crippen molar-refractivity contribution in [3.63, 3.8) is 0 Å². The van der Waals surface area contributed by atoms with Crippen molar-refractivity contribution < 1.29 is 4.79 Å². The van der Waals surface area contributed by atoms with Crippen LogP contribution in [0.2, 0.25) is 0 Å². The van der Waals surface area contributed by atoms with Gasteiger partial charge in [0.15, 0.2) is 0 Å². The van der Waals surface area contributed by atoms with Crippen LogP contribution in [0.5, 0.6) is 0 Å². The Labute approximate surface area is 120 Å². The van der Waals surface area contributed by atoms with Gasteiger partial charge in [0, 0.05) is 11.8 Å². The van der Waals surface area contributed by atoms with Gasteiger partial charge < -0.3 is 5.32 Å². The smallest absolute Gasteiger partial charge is 0.265 e. The minimum Gasteiger partial charge on any atom is -0.320 e. The third-order valence-corrected chi connectivity index (χ3v) is 3.72. The van der Waals surface area contributed by atoms with Gasteiger partial charge in [-0.05, 0) is 23.1 Å². The molecule has 1 aromatic carbocycles. The largest absolute Gasteiger partial charge is 0.320 e. The second-order valence-electron chi connectivity index (χ2n) is 4.26. The van der Waals surface area contributed by atoms with Crippen molar-refractivity contribution in [3.8, 4) is 11.1 Å². The molecule has 3 aromatic rings. The van der Waals surface area contributed by atoms with Gasteiger partial charge >= 0.3 is 0 Å². The number of amides is 1. The summed E-state index contributed by atoms with van der Waals surface area (Å²) in [5.41, 5.74) is 2.76. The quantitative estimate of drug-likeness (QED) is 0.786. The monoisotopic (exact) mass is 280 g/mol. The third-order valence-electron chi connectivity index (χ3n) is 2.85. The number of aromatic nitrogens is 1. The molecule has 3 rings (SSSR count). The van der Waals surface area contributed by atoms with Gasteiger partial charge in [0.1, 0.15) is 0 Å². The Bertz CT molecular complexity index is 708. The summed E-state index contributed by atoms with van der Waals surface area (Å²) in [6.45, 7) is 0. The molecule has 3 nitrogen and oxygen atoms in total. The minimum absolute atomic E-state index is 0.105. The van der Waals surface area contributed by atoms with Crippen LogP contribution in [0, 0.1) is 0 Å². The number of carbonyl (C=O) groups excluding carboxylic acids is 1. The molecule has 0 fully saturated rings. The molecule has 0 bridgehead atoms. The molecule has 0 aliphatic rings. The van der Waals surface area contributed by atoms with Crippen LogP contribution in [0.15, 0.2) is 66.3 Å². The van der Waals surface area contributed by atoms with Crippen LogP contribution in [0.1, 0.15) is 9.67 Å². The lowest BCUT2D eigenvalue weighted by molar-refractivity contribution is 0.103. The molecular formula is C16H12N2OS. The zero-order chi connectivity index (χ0) is 13.8. The molecule has 4 heteroatoms. The Morgan fingerprint density at radius 3 is 2.60 bits per heavy atom. The Kier molecular flexibility index (Phi) is 3.56. The maximum Gasteiger partial charge on any atom is 0.265 e. The number of thiophene rings is 1. The Morgan fingerprint density at radius 2 is 1.85 bits per heavy atom. The normalized spacial score (nSPS) is 10.2. The fourth-order valence-corrected chi connectivity index (χ4v) is 2.52. The molecule has 0 spiro atoms. The number of carbonyl (C=O) groups is 1. The minimum atomic E-state index is -0.105. The highest BCUT2D eigenvalue weighted by Gasteiger charge is 2.07. The number of anilines is 1. The average molecular weight is 280 g/mol. The van der Waals surface area contributed by atoms with E-state index in [0.29, 0.717) is 10.6 Å². The highest BCUT2D eigenvalue weighted by atomic mass is 32.1. The summed E-state index contributed by atoms with van der Waals surface area (Å²) in [5.74, 6) is -0.105. The predicted molar refractivity (Wildman–Crippen MR) is 81.9 cm³/mol. The second-order valence-corrected chi connectivity index (χ2v) is 5.21. The maximum atomic E-state index is 12.0. The molecular weight excluding hydrogens is 268 g/mol. The Morgan fingerprint density at radius 1 is 1.00 bits per heavy atom. The molecule has 2 aromatic heterocycles. The lowest BCUT2D eigenvalue weighted by Gasteiger charge is -2.06. The van der Waals surface area contributed by atoms with Crippen molar-refractivity contribution in [3.05, 3.63) is 71.2 Å². The summed E-state index contributed by atoms with van der Waals surface area (Å²) >= 11 is 1.42. The van der Waals surface area contributed by atoms with Crippen molar-refractivity contribution in [2.24, 2.45) is 0 Å². The van der Waals surface area contributed by atoms with E-state index in [1.165, 1.54) is 11.3 Å². The number of pyridine rings is 1. The van der Waals surface area contributed by atoms with Gasteiger partial charge in [-0.2, -0.15) is 0 Å². The highest BCUT2D eigenvalue weighted by molar-refractivity contribution is 7.12. The number of hydrogen-bond donors (Lipinski definition) is 1. The summed E-state index contributed by atoms with van der Waals surface area (Å²) in [6.07, 6.45) is 3.44. The molecule has 0 unspecified atom stereocenters. The van der Waals surface area contributed by atoms with Gasteiger partial charge in [0.05, 0.1) is 16.8 Å². The fourth-order valence-electron chi connectivity index (χ4n) is 1.90. The number of nitrogens with one attached hydrogen (secondary N) is 1. The van der Waals surface area contributed by atoms with E-state index >= 15 is 0 Å². The van der Waals surface area contributed by atoms with E-state index in [9.17, 15) is 4.79 Å². The van der Waals surface area contributed by atoms with Crippen LogP contribution in [-0.2, 0) is 0 Å². The lowest BCUT2D eigenvalue weighted by atomic mass is 10.1. The molecule has 0 saturated heterocycles. The predicted octanol–water partition coefficient (Wildman–Crippen LogP) is 4.06. The standard InChI is InChI=1S/C16H12N2OS/c19-16(15-7-4-8-20-15)18-14-9-13(10-17-11-14)12-5-2-1-3-6-12/h1-11H,(H,18,19). The van der Waals surface area contributed by atoms with E-state index in [0.717, 1.165) is 11.1 Å². The molecule has 20 heavy (non-hydrogen) atoms. The summed E-state index contributed by atoms with van der Waals surface area (Å²) in [5, 5.41) is 4.75. The van der Waals surface area contributed by atoms with Gasteiger partial charge in [-0.3, -0.25) is 9.78 Å². The molecule has 0 aliphatic carbocycles. The highest BCUT2D eigenvalue weighted by Crippen LogP contribution is 2.21. The first kappa shape index (κ1) is 12.6. The maximum absolute atomic E-state index is 12.0. The van der Waals surface area contributed by atoms with Crippen LogP contribution in [-0.4, -0.2) is 10.9 Å². The van der Waals surface area contributed by atoms with Crippen LogP contribution in [0.4, 0.5) is 5.69 Å². The van der Waals surface area contributed by atoms with Gasteiger partial charge in [-0.1, -0.05) is 36.4 Å². The molecule has 2 heterocycles.